The Kier molecular flexibility index (Phi) is 7.31. The van der Waals surface area contributed by atoms with Gasteiger partial charge in [-0.1, -0.05) is 0 Å². The van der Waals surface area contributed by atoms with Gasteiger partial charge < -0.3 is 24.8 Å². The van der Waals surface area contributed by atoms with Crippen LogP contribution in [0.5, 0.6) is 0 Å². The number of hydrogen-bond donors (Lipinski definition) is 0. The van der Waals surface area contributed by atoms with E-state index in [1.807, 2.05) is 0 Å². The maximum absolute atomic E-state index is 2.51. The fraction of sp³-hybridized carbons (Fsp3) is 0.238. The number of hydrogen-bond acceptors (Lipinski definition) is 0. The van der Waals surface area contributed by atoms with Crippen LogP contribution in [-0.4, -0.2) is 13.3 Å². The molecule has 25 heavy (non-hydrogen) atoms. The van der Waals surface area contributed by atoms with E-state index in [0.717, 1.165) is 7.35 Å². The molecule has 2 unspecified atom stereocenters. The van der Waals surface area contributed by atoms with E-state index in [1.54, 1.807) is 22.0 Å². The van der Waals surface area contributed by atoms with Gasteiger partial charge in [0.25, 0.3) is 0 Å². The van der Waals surface area contributed by atoms with E-state index in [9.17, 15) is 0 Å². The van der Waals surface area contributed by atoms with Gasteiger partial charge in [-0.2, -0.15) is 0 Å². The third-order valence-electron chi connectivity index (χ3n) is 4.90. The number of benzene rings is 2. The molecule has 0 radical (unpaired) electrons. The molecule has 2 aliphatic rings. The van der Waals surface area contributed by atoms with Crippen LogP contribution in [0.25, 0.3) is 12.2 Å². The molecule has 0 fully saturated rings. The topological polar surface area (TPSA) is 0 Å². The zero-order chi connectivity index (χ0) is 16.0. The smallest absolute Gasteiger partial charge is 1.00 e. The van der Waals surface area contributed by atoms with Crippen LogP contribution in [0.2, 0.25) is 0 Å². The van der Waals surface area contributed by atoms with E-state index >= 15 is 0 Å². The number of fused-ring (bicyclic) bond motifs is 2. The summed E-state index contributed by atoms with van der Waals surface area (Å²) >= 11 is -0.920. The van der Waals surface area contributed by atoms with Gasteiger partial charge in [-0.3, -0.25) is 0 Å². The molecule has 0 saturated heterocycles. The summed E-state index contributed by atoms with van der Waals surface area (Å²) in [6.07, 6.45) is 4.94. The first kappa shape index (κ1) is 21.1. The van der Waals surface area contributed by atoms with Gasteiger partial charge in [0, 0.05) is 0 Å². The van der Waals surface area contributed by atoms with Crippen molar-refractivity contribution in [2.24, 2.45) is 0 Å². The van der Waals surface area contributed by atoms with E-state index in [2.05, 4.69) is 80.9 Å². The van der Waals surface area contributed by atoms with Crippen molar-refractivity contribution < 1.29 is 47.7 Å². The van der Waals surface area contributed by atoms with Crippen molar-refractivity contribution in [1.82, 2.24) is 0 Å². The van der Waals surface area contributed by atoms with E-state index in [0.29, 0.717) is 0 Å². The molecule has 2 aliphatic carbocycles. The predicted molar refractivity (Wildman–Crippen MR) is 98.8 cm³/mol. The van der Waals surface area contributed by atoms with Crippen LogP contribution >= 0.6 is 7.92 Å². The van der Waals surface area contributed by atoms with E-state index in [4.69, 9.17) is 0 Å². The maximum Gasteiger partial charge on any atom is -1.00 e. The molecule has 0 nitrogen and oxygen atoms in total. The van der Waals surface area contributed by atoms with E-state index in [-0.39, 0.29) is 32.7 Å². The minimum atomic E-state index is -0.920. The molecule has 0 N–H and O–H groups in total. The molecule has 0 heterocycles. The Balaban J connectivity index is 0.00000113. The molecule has 4 rings (SSSR count). The first-order valence-corrected chi connectivity index (χ1v) is 14.5. The summed E-state index contributed by atoms with van der Waals surface area (Å²) in [7, 11) is 0.00124. The molecular formula is C21H21Cl2HfP. The first-order chi connectivity index (χ1) is 11.1. The van der Waals surface area contributed by atoms with Gasteiger partial charge in [0.05, 0.1) is 0 Å². The normalized spacial score (nSPS) is 19.8. The summed E-state index contributed by atoms with van der Waals surface area (Å²) in [6.45, 7) is 7.20. The van der Waals surface area contributed by atoms with Crippen molar-refractivity contribution >= 4 is 20.1 Å². The van der Waals surface area contributed by atoms with Gasteiger partial charge in [-0.05, 0) is 0 Å². The quantitative estimate of drug-likeness (QED) is 0.373. The third-order valence-corrected chi connectivity index (χ3v) is 14.6. The van der Waals surface area contributed by atoms with E-state index < -0.39 is 22.9 Å². The van der Waals surface area contributed by atoms with Crippen LogP contribution in [-0.2, 0) is 22.9 Å². The Morgan fingerprint density at radius 3 is 1.88 bits per heavy atom. The van der Waals surface area contributed by atoms with Crippen LogP contribution < -0.4 is 24.8 Å². The summed E-state index contributed by atoms with van der Waals surface area (Å²) in [6, 6.07) is 18.1. The van der Waals surface area contributed by atoms with Gasteiger partial charge in [-0.15, -0.1) is 0 Å². The van der Waals surface area contributed by atoms with Crippen molar-refractivity contribution in [3.05, 3.63) is 81.7 Å². The molecule has 0 spiro atoms. The molecular weight excluding hydrogens is 533 g/mol. The number of halogens is 2. The fourth-order valence-corrected chi connectivity index (χ4v) is 14.7. The van der Waals surface area contributed by atoms with Gasteiger partial charge >= 0.3 is 152 Å². The summed E-state index contributed by atoms with van der Waals surface area (Å²) in [4.78, 5) is 0. The second-order valence-electron chi connectivity index (χ2n) is 6.64. The van der Waals surface area contributed by atoms with Crippen molar-refractivity contribution in [2.75, 3.05) is 13.3 Å². The zero-order valence-corrected chi connectivity index (χ0v) is 20.6. The zero-order valence-electron chi connectivity index (χ0n) is 14.6. The van der Waals surface area contributed by atoms with Crippen molar-refractivity contribution in [3.63, 3.8) is 0 Å². The Bertz CT molecular complexity index is 826. The summed E-state index contributed by atoms with van der Waals surface area (Å²) in [5.41, 5.74) is 7.79. The molecule has 0 amide bonds. The molecule has 0 aliphatic heterocycles. The monoisotopic (exact) mass is 554 g/mol. The van der Waals surface area contributed by atoms with Crippen LogP contribution in [0.4, 0.5) is 0 Å². The Labute approximate surface area is 176 Å². The van der Waals surface area contributed by atoms with Crippen molar-refractivity contribution in [1.29, 1.82) is 0 Å². The van der Waals surface area contributed by atoms with Gasteiger partial charge in [0.2, 0.25) is 0 Å². The van der Waals surface area contributed by atoms with Gasteiger partial charge in [0.15, 0.2) is 0 Å². The number of allylic oxidation sites excluding steroid dienone is 2. The van der Waals surface area contributed by atoms with Crippen LogP contribution in [0.3, 0.4) is 0 Å². The second kappa shape index (κ2) is 8.66. The molecule has 4 heteroatoms. The van der Waals surface area contributed by atoms with Gasteiger partial charge in [0.1, 0.15) is 0 Å². The SMILES string of the molecule is CC1=Cc2ccccc2[CH]1[Hf+2][CH]1C(P(C)C)=Cc2ccccc21.[Cl-].[Cl-]. The minimum absolute atomic E-state index is 0. The Morgan fingerprint density at radius 2 is 1.28 bits per heavy atom. The molecule has 2 aromatic carbocycles. The second-order valence-corrected chi connectivity index (χ2v) is 14.3. The average molecular weight is 554 g/mol. The van der Waals surface area contributed by atoms with E-state index in [1.165, 1.54) is 11.1 Å². The van der Waals surface area contributed by atoms with Crippen molar-refractivity contribution in [2.45, 2.75) is 14.3 Å². The molecule has 0 bridgehead atoms. The largest absolute Gasteiger partial charge is 1.00 e. The summed E-state index contributed by atoms with van der Waals surface area (Å²) in [5, 5.41) is 1.75. The van der Waals surface area contributed by atoms with Crippen LogP contribution in [0.1, 0.15) is 36.5 Å². The Hall–Kier alpha value is -0.200. The minimum Gasteiger partial charge on any atom is -1.00 e. The Morgan fingerprint density at radius 1 is 0.760 bits per heavy atom. The standard InChI is InChI=1S/C11H12P.C10H9.2ClH.Hf/c1-12(2)11-7-9-5-3-4-6-10(9)8-11;1-8-6-9-4-2-3-5-10(9)7-8;;;/h3-8H,1-2H3;2-7H,1H3;2*1H;/q;;;;+2/p-2. The van der Waals surface area contributed by atoms with Crippen LogP contribution in [0, 0.1) is 0 Å². The first-order valence-electron chi connectivity index (χ1n) is 8.16. The molecule has 0 aromatic heterocycles. The molecule has 0 saturated carbocycles. The average Bonchev–Trinajstić information content (AvgIpc) is 3.07. The summed E-state index contributed by atoms with van der Waals surface area (Å²) in [5.74, 6) is 0. The maximum atomic E-state index is 2.51. The van der Waals surface area contributed by atoms with Crippen molar-refractivity contribution in [3.8, 4) is 0 Å². The van der Waals surface area contributed by atoms with Crippen LogP contribution in [0.15, 0.2) is 59.4 Å². The molecule has 2 aromatic rings. The molecule has 128 valence electrons. The molecule has 2 atom stereocenters. The fourth-order valence-electron chi connectivity index (χ4n) is 3.74. The van der Waals surface area contributed by atoms with Gasteiger partial charge in [-0.25, -0.2) is 0 Å². The predicted octanol–water partition coefficient (Wildman–Crippen LogP) is 0.0724. The number of rotatable bonds is 3. The summed E-state index contributed by atoms with van der Waals surface area (Å²) < 4.78 is 1.55. The third kappa shape index (κ3) is 3.91.